The van der Waals surface area contributed by atoms with Gasteiger partial charge in [0.15, 0.2) is 0 Å². The standard InChI is InChI=1S/C11H11BrN2S/c12-9-1-3-14-10(5-9)6-13-11(14)8-2-4-15-7-8/h1,3,5-6,8H,2,4,7H2. The zero-order valence-electron chi connectivity index (χ0n) is 8.19. The number of thioether (sulfide) groups is 1. The first-order chi connectivity index (χ1) is 7.34. The molecule has 0 amide bonds. The van der Waals surface area contributed by atoms with Gasteiger partial charge in [0.1, 0.15) is 5.82 Å². The molecule has 2 nitrogen and oxygen atoms in total. The molecule has 1 atom stereocenters. The summed E-state index contributed by atoms with van der Waals surface area (Å²) in [4.78, 5) is 4.55. The minimum Gasteiger partial charge on any atom is -0.303 e. The van der Waals surface area contributed by atoms with Crippen LogP contribution in [0.2, 0.25) is 0 Å². The molecule has 2 aromatic heterocycles. The van der Waals surface area contributed by atoms with Crippen molar-refractivity contribution in [3.05, 3.63) is 34.8 Å². The number of imidazole rings is 1. The quantitative estimate of drug-likeness (QED) is 0.798. The van der Waals surface area contributed by atoms with Crippen LogP contribution in [0.1, 0.15) is 18.2 Å². The Morgan fingerprint density at radius 3 is 3.27 bits per heavy atom. The van der Waals surface area contributed by atoms with Crippen LogP contribution in [-0.4, -0.2) is 20.9 Å². The van der Waals surface area contributed by atoms with Gasteiger partial charge in [-0.2, -0.15) is 11.8 Å². The Bertz CT molecular complexity index is 488. The van der Waals surface area contributed by atoms with Crippen molar-refractivity contribution < 1.29 is 0 Å². The molecule has 0 radical (unpaired) electrons. The second-order valence-corrected chi connectivity index (χ2v) is 5.88. The van der Waals surface area contributed by atoms with E-state index in [1.807, 2.05) is 18.0 Å². The largest absolute Gasteiger partial charge is 0.303 e. The number of aromatic nitrogens is 2. The van der Waals surface area contributed by atoms with Gasteiger partial charge in [-0.25, -0.2) is 4.98 Å². The van der Waals surface area contributed by atoms with Gasteiger partial charge in [-0.15, -0.1) is 0 Å². The molecule has 78 valence electrons. The van der Waals surface area contributed by atoms with Crippen molar-refractivity contribution in [2.75, 3.05) is 11.5 Å². The summed E-state index contributed by atoms with van der Waals surface area (Å²) < 4.78 is 3.32. The van der Waals surface area contributed by atoms with Gasteiger partial charge in [0.25, 0.3) is 0 Å². The van der Waals surface area contributed by atoms with Crippen LogP contribution in [0.5, 0.6) is 0 Å². The lowest BCUT2D eigenvalue weighted by Crippen LogP contribution is -2.02. The number of fused-ring (bicyclic) bond motifs is 1. The van der Waals surface area contributed by atoms with Crippen molar-refractivity contribution in [3.8, 4) is 0 Å². The fraction of sp³-hybridized carbons (Fsp3) is 0.364. The third kappa shape index (κ3) is 1.70. The smallest absolute Gasteiger partial charge is 0.117 e. The van der Waals surface area contributed by atoms with Gasteiger partial charge >= 0.3 is 0 Å². The maximum absolute atomic E-state index is 4.55. The highest BCUT2D eigenvalue weighted by atomic mass is 79.9. The van der Waals surface area contributed by atoms with Crippen LogP contribution < -0.4 is 0 Å². The first-order valence-corrected chi connectivity index (χ1v) is 6.99. The summed E-state index contributed by atoms with van der Waals surface area (Å²) in [5.74, 6) is 4.35. The van der Waals surface area contributed by atoms with E-state index in [1.165, 1.54) is 29.3 Å². The minimum atomic E-state index is 0.638. The van der Waals surface area contributed by atoms with Gasteiger partial charge in [0, 0.05) is 22.3 Å². The van der Waals surface area contributed by atoms with Crippen molar-refractivity contribution in [1.29, 1.82) is 0 Å². The summed E-state index contributed by atoms with van der Waals surface area (Å²) >= 11 is 5.51. The third-order valence-corrected chi connectivity index (χ3v) is 4.47. The molecule has 0 aromatic carbocycles. The van der Waals surface area contributed by atoms with E-state index in [0.717, 1.165) is 4.47 Å². The van der Waals surface area contributed by atoms with Crippen LogP contribution >= 0.6 is 27.7 Å². The highest BCUT2D eigenvalue weighted by Gasteiger charge is 2.21. The average molecular weight is 283 g/mol. The molecule has 0 bridgehead atoms. The highest BCUT2D eigenvalue weighted by molar-refractivity contribution is 9.10. The Morgan fingerprint density at radius 1 is 1.53 bits per heavy atom. The van der Waals surface area contributed by atoms with Crippen molar-refractivity contribution in [3.63, 3.8) is 0 Å². The lowest BCUT2D eigenvalue weighted by molar-refractivity contribution is 0.713. The topological polar surface area (TPSA) is 17.3 Å². The number of nitrogens with zero attached hydrogens (tertiary/aromatic N) is 2. The van der Waals surface area contributed by atoms with Gasteiger partial charge in [0.2, 0.25) is 0 Å². The molecule has 1 fully saturated rings. The van der Waals surface area contributed by atoms with Crippen molar-refractivity contribution in [1.82, 2.24) is 9.38 Å². The Hall–Kier alpha value is -0.480. The van der Waals surface area contributed by atoms with Gasteiger partial charge in [-0.1, -0.05) is 15.9 Å². The van der Waals surface area contributed by atoms with Crippen LogP contribution in [-0.2, 0) is 0 Å². The van der Waals surface area contributed by atoms with Crippen LogP contribution in [0.15, 0.2) is 29.0 Å². The molecule has 1 aliphatic rings. The van der Waals surface area contributed by atoms with Gasteiger partial charge < -0.3 is 4.40 Å². The number of pyridine rings is 1. The Labute approximate surface area is 101 Å². The molecule has 3 rings (SSSR count). The number of rotatable bonds is 1. The number of halogens is 1. The highest BCUT2D eigenvalue weighted by Crippen LogP contribution is 2.32. The third-order valence-electron chi connectivity index (χ3n) is 2.82. The minimum absolute atomic E-state index is 0.638. The maximum atomic E-state index is 4.55. The van der Waals surface area contributed by atoms with E-state index in [4.69, 9.17) is 0 Å². The van der Waals surface area contributed by atoms with Gasteiger partial charge in [0.05, 0.1) is 11.7 Å². The lowest BCUT2D eigenvalue weighted by Gasteiger charge is -2.06. The van der Waals surface area contributed by atoms with Crippen molar-refractivity contribution in [2.24, 2.45) is 0 Å². The molecule has 1 aliphatic heterocycles. The Morgan fingerprint density at radius 2 is 2.47 bits per heavy atom. The van der Waals surface area contributed by atoms with Crippen LogP contribution in [0.25, 0.3) is 5.52 Å². The van der Waals surface area contributed by atoms with Crippen LogP contribution in [0.3, 0.4) is 0 Å². The van der Waals surface area contributed by atoms with Crippen LogP contribution in [0, 0.1) is 0 Å². The maximum Gasteiger partial charge on any atom is 0.117 e. The molecule has 0 spiro atoms. The summed E-state index contributed by atoms with van der Waals surface area (Å²) in [6.07, 6.45) is 5.33. The zero-order chi connectivity index (χ0) is 10.3. The zero-order valence-corrected chi connectivity index (χ0v) is 10.6. The molecule has 1 saturated heterocycles. The predicted octanol–water partition coefficient (Wildman–Crippen LogP) is 3.32. The van der Waals surface area contributed by atoms with E-state index < -0.39 is 0 Å². The van der Waals surface area contributed by atoms with E-state index in [9.17, 15) is 0 Å². The molecule has 0 aliphatic carbocycles. The summed E-state index contributed by atoms with van der Waals surface area (Å²) in [7, 11) is 0. The summed E-state index contributed by atoms with van der Waals surface area (Å²) in [6, 6.07) is 4.18. The second-order valence-electron chi connectivity index (χ2n) is 3.82. The average Bonchev–Trinajstić information content (AvgIpc) is 2.82. The van der Waals surface area contributed by atoms with E-state index in [-0.39, 0.29) is 0 Å². The molecule has 0 N–H and O–H groups in total. The molecule has 4 heteroatoms. The normalized spacial score (nSPS) is 21.3. The molecule has 3 heterocycles. The first-order valence-electron chi connectivity index (χ1n) is 5.05. The SMILES string of the molecule is Brc1ccn2c(C3CCSC3)ncc2c1. The van der Waals surface area contributed by atoms with E-state index in [1.54, 1.807) is 0 Å². The summed E-state index contributed by atoms with van der Waals surface area (Å²) in [5, 5.41) is 0. The number of hydrogen-bond acceptors (Lipinski definition) is 2. The summed E-state index contributed by atoms with van der Waals surface area (Å²) in [5.41, 5.74) is 1.18. The van der Waals surface area contributed by atoms with Crippen molar-refractivity contribution in [2.45, 2.75) is 12.3 Å². The number of hydrogen-bond donors (Lipinski definition) is 0. The molecular weight excluding hydrogens is 272 g/mol. The molecule has 2 aromatic rings. The van der Waals surface area contributed by atoms with E-state index in [2.05, 4.69) is 43.6 Å². The molecular formula is C11H11BrN2S. The van der Waals surface area contributed by atoms with Crippen molar-refractivity contribution >= 4 is 33.2 Å². The monoisotopic (exact) mass is 282 g/mol. The van der Waals surface area contributed by atoms with E-state index in [0.29, 0.717) is 5.92 Å². The predicted molar refractivity (Wildman–Crippen MR) is 67.6 cm³/mol. The van der Waals surface area contributed by atoms with E-state index >= 15 is 0 Å². The summed E-state index contributed by atoms with van der Waals surface area (Å²) in [6.45, 7) is 0. The van der Waals surface area contributed by atoms with Gasteiger partial charge in [-0.3, -0.25) is 0 Å². The fourth-order valence-electron chi connectivity index (χ4n) is 2.03. The Kier molecular flexibility index (Phi) is 2.48. The second kappa shape index (κ2) is 3.83. The first kappa shape index (κ1) is 9.73. The van der Waals surface area contributed by atoms with Gasteiger partial charge in [-0.05, 0) is 24.3 Å². The van der Waals surface area contributed by atoms with Crippen LogP contribution in [0.4, 0.5) is 0 Å². The molecule has 15 heavy (non-hydrogen) atoms. The molecule has 0 saturated carbocycles. The fourth-order valence-corrected chi connectivity index (χ4v) is 3.60. The Balaban J connectivity index is 2.11. The molecule has 1 unspecified atom stereocenters. The lowest BCUT2D eigenvalue weighted by atomic mass is 10.1.